The number of nitrogens with one attached hydrogen (secondary N) is 1. The lowest BCUT2D eigenvalue weighted by Crippen LogP contribution is -2.32. The molecule has 1 aliphatic carbocycles. The number of benzene rings is 2. The minimum absolute atomic E-state index is 0.169. The number of piperidine rings is 1. The summed E-state index contributed by atoms with van der Waals surface area (Å²) in [5.74, 6) is 1.27. The largest absolute Gasteiger partial charge is 0.355 e. The van der Waals surface area contributed by atoms with E-state index in [1.165, 1.54) is 6.07 Å². The number of nitrogens with zero attached hydrogens (tertiary/aromatic N) is 6. The maximum Gasteiger partial charge on any atom is 0.177 e. The van der Waals surface area contributed by atoms with Gasteiger partial charge in [0.1, 0.15) is 22.8 Å². The Labute approximate surface area is 223 Å². The van der Waals surface area contributed by atoms with E-state index in [1.807, 2.05) is 43.6 Å². The van der Waals surface area contributed by atoms with E-state index in [0.29, 0.717) is 34.3 Å². The third-order valence-electron chi connectivity index (χ3n) is 8.38. The minimum Gasteiger partial charge on any atom is -0.355 e. The molecule has 1 aliphatic heterocycles. The van der Waals surface area contributed by atoms with E-state index in [0.717, 1.165) is 47.6 Å². The molecule has 0 radical (unpaired) electrons. The van der Waals surface area contributed by atoms with Crippen LogP contribution in [0.5, 0.6) is 0 Å². The fraction of sp³-hybridized carbons (Fsp3) is 0.286. The molecule has 4 heterocycles. The van der Waals surface area contributed by atoms with Gasteiger partial charge in [0, 0.05) is 49.4 Å². The van der Waals surface area contributed by atoms with Gasteiger partial charge in [-0.2, -0.15) is 10.2 Å². The van der Waals surface area contributed by atoms with Crippen LogP contribution in [-0.2, 0) is 12.5 Å². The number of aryl methyl sites for hydroxylation is 1. The number of halogens is 2. The van der Waals surface area contributed by atoms with Crippen molar-refractivity contribution in [3.8, 4) is 22.4 Å². The molecule has 2 fully saturated rings. The first-order valence-corrected chi connectivity index (χ1v) is 13.1. The standard InChI is InChI=1S/C28H26ClFN8/c1-37-13-17(11-33-37)16-6-7-18(22(29)10-16)25-26-27(36-35-25)34-24(12-32-26)38-9-8-19-21(14-38)28(19,15-31)20-4-2-3-5-23(20)30/h2-7,10-13,19,21H,8-9,14-15,31H2,1H3,(H,34,35,36)/t19-,21+,28-/m1/s1. The Morgan fingerprint density at radius 2 is 2.03 bits per heavy atom. The molecule has 192 valence electrons. The van der Waals surface area contributed by atoms with Crippen LogP contribution in [0.2, 0.25) is 5.02 Å². The Bertz CT molecular complexity index is 1680. The monoisotopic (exact) mass is 528 g/mol. The minimum atomic E-state index is -0.308. The van der Waals surface area contributed by atoms with Gasteiger partial charge in [-0.25, -0.2) is 14.4 Å². The summed E-state index contributed by atoms with van der Waals surface area (Å²) in [5.41, 5.74) is 11.4. The molecule has 1 saturated carbocycles. The average molecular weight is 529 g/mol. The van der Waals surface area contributed by atoms with Crippen LogP contribution < -0.4 is 10.6 Å². The van der Waals surface area contributed by atoms with Crippen molar-refractivity contribution in [1.29, 1.82) is 0 Å². The highest BCUT2D eigenvalue weighted by Gasteiger charge is 2.66. The second kappa shape index (κ2) is 8.61. The molecule has 0 amide bonds. The van der Waals surface area contributed by atoms with Crippen molar-refractivity contribution in [2.24, 2.45) is 24.6 Å². The third kappa shape index (κ3) is 3.45. The number of hydrogen-bond donors (Lipinski definition) is 2. The molecular formula is C28H26ClFN8. The Morgan fingerprint density at radius 1 is 1.16 bits per heavy atom. The fourth-order valence-corrected chi connectivity index (χ4v) is 6.70. The van der Waals surface area contributed by atoms with Gasteiger partial charge in [-0.3, -0.25) is 9.78 Å². The van der Waals surface area contributed by atoms with Gasteiger partial charge in [-0.15, -0.1) is 0 Å². The molecule has 10 heteroatoms. The molecule has 3 aromatic heterocycles. The van der Waals surface area contributed by atoms with Crippen LogP contribution >= 0.6 is 11.6 Å². The molecule has 5 aromatic rings. The maximum absolute atomic E-state index is 14.7. The smallest absolute Gasteiger partial charge is 0.177 e. The van der Waals surface area contributed by atoms with Crippen molar-refractivity contribution in [1.82, 2.24) is 29.9 Å². The van der Waals surface area contributed by atoms with Crippen LogP contribution in [0, 0.1) is 17.7 Å². The fourth-order valence-electron chi connectivity index (χ4n) is 6.43. The molecule has 3 atom stereocenters. The summed E-state index contributed by atoms with van der Waals surface area (Å²) < 4.78 is 16.5. The molecule has 38 heavy (non-hydrogen) atoms. The van der Waals surface area contributed by atoms with E-state index in [2.05, 4.69) is 20.2 Å². The second-order valence-corrected chi connectivity index (χ2v) is 10.7. The molecule has 2 aliphatic rings. The van der Waals surface area contributed by atoms with Crippen LogP contribution in [0.4, 0.5) is 10.2 Å². The number of aromatic amines is 1. The Balaban J connectivity index is 1.16. The molecule has 2 aromatic carbocycles. The number of anilines is 1. The van der Waals surface area contributed by atoms with Crippen LogP contribution in [0.1, 0.15) is 12.0 Å². The number of fused-ring (bicyclic) bond motifs is 2. The SMILES string of the molecule is Cn1cc(-c2ccc(-c3n[nH]c4nc(N5CC[C@@H]6[C@H](C5)[C@@]6(CN)c5ccccc5F)cnc34)c(Cl)c2)cn1. The first-order chi connectivity index (χ1) is 18.5. The van der Waals surface area contributed by atoms with Crippen LogP contribution in [0.3, 0.4) is 0 Å². The third-order valence-corrected chi connectivity index (χ3v) is 8.70. The van der Waals surface area contributed by atoms with Crippen molar-refractivity contribution in [3.63, 3.8) is 0 Å². The summed E-state index contributed by atoms with van der Waals surface area (Å²) in [4.78, 5) is 11.8. The van der Waals surface area contributed by atoms with Crippen LogP contribution in [0.15, 0.2) is 61.1 Å². The summed E-state index contributed by atoms with van der Waals surface area (Å²) in [5, 5.41) is 12.3. The topological polar surface area (TPSA) is 102 Å². The predicted molar refractivity (Wildman–Crippen MR) is 145 cm³/mol. The normalized spacial score (nSPS) is 22.6. The van der Waals surface area contributed by atoms with E-state index < -0.39 is 0 Å². The highest BCUT2D eigenvalue weighted by atomic mass is 35.5. The zero-order chi connectivity index (χ0) is 26.0. The van der Waals surface area contributed by atoms with Crippen molar-refractivity contribution in [2.75, 3.05) is 24.5 Å². The number of nitrogens with two attached hydrogens (primary N) is 1. The lowest BCUT2D eigenvalue weighted by atomic mass is 9.91. The van der Waals surface area contributed by atoms with Gasteiger partial charge in [0.05, 0.1) is 17.4 Å². The summed E-state index contributed by atoms with van der Waals surface area (Å²) in [6.07, 6.45) is 6.47. The highest BCUT2D eigenvalue weighted by molar-refractivity contribution is 6.33. The van der Waals surface area contributed by atoms with E-state index in [9.17, 15) is 4.39 Å². The second-order valence-electron chi connectivity index (χ2n) is 10.3. The summed E-state index contributed by atoms with van der Waals surface area (Å²) in [6, 6.07) is 12.9. The van der Waals surface area contributed by atoms with Gasteiger partial charge in [-0.05, 0) is 41.5 Å². The molecule has 8 nitrogen and oxygen atoms in total. The lowest BCUT2D eigenvalue weighted by molar-refractivity contribution is 0.533. The quantitative estimate of drug-likeness (QED) is 0.346. The Morgan fingerprint density at radius 3 is 2.79 bits per heavy atom. The Kier molecular flexibility index (Phi) is 5.28. The zero-order valence-corrected chi connectivity index (χ0v) is 21.5. The van der Waals surface area contributed by atoms with Gasteiger partial charge in [0.2, 0.25) is 0 Å². The predicted octanol–water partition coefficient (Wildman–Crippen LogP) is 4.57. The molecule has 1 saturated heterocycles. The summed E-state index contributed by atoms with van der Waals surface area (Å²) in [6.45, 7) is 2.02. The number of H-pyrrole nitrogens is 1. The van der Waals surface area contributed by atoms with Crippen molar-refractivity contribution in [2.45, 2.75) is 11.8 Å². The molecular weight excluding hydrogens is 503 g/mol. The first-order valence-electron chi connectivity index (χ1n) is 12.7. The van der Waals surface area contributed by atoms with E-state index in [-0.39, 0.29) is 17.2 Å². The van der Waals surface area contributed by atoms with Crippen molar-refractivity contribution < 1.29 is 4.39 Å². The first kappa shape index (κ1) is 23.3. The molecule has 7 rings (SSSR count). The summed E-state index contributed by atoms with van der Waals surface area (Å²) in [7, 11) is 1.88. The van der Waals surface area contributed by atoms with Gasteiger partial charge >= 0.3 is 0 Å². The van der Waals surface area contributed by atoms with Crippen molar-refractivity contribution >= 4 is 28.6 Å². The zero-order valence-electron chi connectivity index (χ0n) is 20.8. The van der Waals surface area contributed by atoms with E-state index in [4.69, 9.17) is 27.3 Å². The summed E-state index contributed by atoms with van der Waals surface area (Å²) >= 11 is 6.68. The average Bonchev–Trinajstić information content (AvgIpc) is 3.17. The van der Waals surface area contributed by atoms with Gasteiger partial charge in [-0.1, -0.05) is 41.9 Å². The van der Waals surface area contributed by atoms with Gasteiger partial charge < -0.3 is 10.6 Å². The highest BCUT2D eigenvalue weighted by Crippen LogP contribution is 2.63. The maximum atomic E-state index is 14.7. The lowest BCUT2D eigenvalue weighted by Gasteiger charge is -2.26. The number of hydrogen-bond acceptors (Lipinski definition) is 6. The van der Waals surface area contributed by atoms with Crippen molar-refractivity contribution in [3.05, 3.63) is 77.5 Å². The number of rotatable bonds is 5. The van der Waals surface area contributed by atoms with E-state index in [1.54, 1.807) is 23.1 Å². The van der Waals surface area contributed by atoms with Gasteiger partial charge in [0.25, 0.3) is 0 Å². The van der Waals surface area contributed by atoms with E-state index >= 15 is 0 Å². The van der Waals surface area contributed by atoms with Crippen LogP contribution in [-0.4, -0.2) is 49.6 Å². The Hall–Kier alpha value is -3.82. The van der Waals surface area contributed by atoms with Crippen LogP contribution in [0.25, 0.3) is 33.5 Å². The number of aromatic nitrogens is 6. The molecule has 0 bridgehead atoms. The van der Waals surface area contributed by atoms with Gasteiger partial charge in [0.15, 0.2) is 5.65 Å². The molecule has 3 N–H and O–H groups in total. The molecule has 0 unspecified atom stereocenters. The molecule has 0 spiro atoms.